The van der Waals surface area contributed by atoms with Gasteiger partial charge in [-0.2, -0.15) is 12.6 Å². The Morgan fingerprint density at radius 3 is 2.07 bits per heavy atom. The highest BCUT2D eigenvalue weighted by molar-refractivity contribution is 7.81. The molecule has 2 fully saturated rings. The molecular formula is C36H66BN2O3S. The summed E-state index contributed by atoms with van der Waals surface area (Å²) in [7, 11) is 2.84. The van der Waals surface area contributed by atoms with E-state index in [4.69, 9.17) is 22.4 Å². The molecule has 1 aromatic rings. The van der Waals surface area contributed by atoms with Gasteiger partial charge in [0.1, 0.15) is 0 Å². The fourth-order valence-corrected chi connectivity index (χ4v) is 6.20. The minimum atomic E-state index is -0.414. The number of anilines is 1. The first-order valence-electron chi connectivity index (χ1n) is 17.1. The Morgan fingerprint density at radius 1 is 1.02 bits per heavy atom. The molecule has 0 unspecified atom stereocenters. The lowest BCUT2D eigenvalue weighted by atomic mass is 9.73. The molecule has 1 saturated heterocycles. The van der Waals surface area contributed by atoms with E-state index in [1.54, 1.807) is 0 Å². The van der Waals surface area contributed by atoms with Gasteiger partial charge in [0.2, 0.25) is 5.91 Å². The molecule has 1 spiro atoms. The van der Waals surface area contributed by atoms with Crippen LogP contribution in [-0.4, -0.2) is 55.1 Å². The summed E-state index contributed by atoms with van der Waals surface area (Å²) >= 11 is 4.71. The number of hydrogen-bond acceptors (Lipinski definition) is 5. The minimum absolute atomic E-state index is 0.276. The van der Waals surface area contributed by atoms with E-state index in [0.29, 0.717) is 17.4 Å². The molecule has 0 bridgehead atoms. The van der Waals surface area contributed by atoms with Crippen molar-refractivity contribution in [2.75, 3.05) is 25.1 Å². The van der Waals surface area contributed by atoms with E-state index in [1.165, 1.54) is 37.7 Å². The Morgan fingerprint density at radius 2 is 1.60 bits per heavy atom. The first-order chi connectivity index (χ1) is 20.2. The van der Waals surface area contributed by atoms with Crippen LogP contribution in [0.2, 0.25) is 0 Å². The molecule has 247 valence electrons. The first kappa shape index (κ1) is 40.0. The normalized spacial score (nSPS) is 20.9. The smallest absolute Gasteiger partial charge is 0.330 e. The lowest BCUT2D eigenvalue weighted by Crippen LogP contribution is -2.53. The average Bonchev–Trinajstić information content (AvgIpc) is 3.18. The van der Waals surface area contributed by atoms with Crippen LogP contribution in [0.5, 0.6) is 0 Å². The predicted octanol–water partition coefficient (Wildman–Crippen LogP) is 7.84. The van der Waals surface area contributed by atoms with Crippen LogP contribution in [0.4, 0.5) is 5.69 Å². The topological polar surface area (TPSA) is 61.8 Å². The zero-order valence-corrected chi connectivity index (χ0v) is 30.8. The van der Waals surface area contributed by atoms with Crippen LogP contribution in [0.25, 0.3) is 0 Å². The van der Waals surface area contributed by atoms with Crippen LogP contribution in [0.1, 0.15) is 140 Å². The van der Waals surface area contributed by atoms with Gasteiger partial charge in [0.05, 0.1) is 11.0 Å². The lowest BCUT2D eigenvalue weighted by Gasteiger charge is -2.43. The molecule has 0 atom stereocenters. The monoisotopic (exact) mass is 617 g/mol. The molecular weight excluding hydrogens is 551 g/mol. The SMILES string of the molecule is CC.CCCC(C)(C)CC.CCCC1CC(N2C(=O)C3(CCNCC3)c3ccc([B]OC(C)(C)C(C)(C)S)cc32)C1.CO. The van der Waals surface area contributed by atoms with Crippen molar-refractivity contribution in [3.05, 3.63) is 23.8 Å². The highest BCUT2D eigenvalue weighted by Gasteiger charge is 2.54. The summed E-state index contributed by atoms with van der Waals surface area (Å²) in [4.78, 5) is 16.0. The fourth-order valence-electron chi connectivity index (χ4n) is 6.15. The highest BCUT2D eigenvalue weighted by atomic mass is 32.1. The van der Waals surface area contributed by atoms with Crippen LogP contribution >= 0.6 is 12.6 Å². The molecule has 1 aromatic carbocycles. The summed E-state index contributed by atoms with van der Waals surface area (Å²) in [6.45, 7) is 25.5. The second-order valence-corrected chi connectivity index (χ2v) is 15.3. The molecule has 2 N–H and O–H groups in total. The number of aliphatic hydroxyl groups excluding tert-OH is 1. The molecule has 5 nitrogen and oxygen atoms in total. The van der Waals surface area contributed by atoms with Crippen LogP contribution in [0, 0.1) is 11.3 Å². The van der Waals surface area contributed by atoms with Crippen molar-refractivity contribution >= 4 is 37.2 Å². The van der Waals surface area contributed by atoms with Gasteiger partial charge in [-0.25, -0.2) is 0 Å². The van der Waals surface area contributed by atoms with Crippen molar-refractivity contribution in [1.82, 2.24) is 5.32 Å². The van der Waals surface area contributed by atoms with Crippen molar-refractivity contribution in [1.29, 1.82) is 0 Å². The molecule has 43 heavy (non-hydrogen) atoms. The van der Waals surface area contributed by atoms with E-state index < -0.39 is 5.60 Å². The molecule has 7 heteroatoms. The van der Waals surface area contributed by atoms with Crippen LogP contribution in [0.3, 0.4) is 0 Å². The van der Waals surface area contributed by atoms with Crippen molar-refractivity contribution in [3.8, 4) is 0 Å². The van der Waals surface area contributed by atoms with Gasteiger partial charge in [-0.15, -0.1) is 0 Å². The van der Waals surface area contributed by atoms with Gasteiger partial charge in [-0.1, -0.05) is 91.7 Å². The molecule has 2 aliphatic heterocycles. The summed E-state index contributed by atoms with van der Waals surface area (Å²) in [5, 5.41) is 10.4. The Bertz CT molecular complexity index is 964. The van der Waals surface area contributed by atoms with Crippen LogP contribution < -0.4 is 15.7 Å². The van der Waals surface area contributed by atoms with Crippen LogP contribution in [-0.2, 0) is 14.9 Å². The second kappa shape index (κ2) is 17.6. The Kier molecular flexibility index (Phi) is 16.4. The molecule has 0 aromatic heterocycles. The standard InChI is InChI=1S/C25H38BN2O2S.C8H18.C2H6.CH4O/c1-6-7-17-14-19(15-17)28-21-16-18(26-30-23(2,3)24(4,5)31)8-9-20(21)25(22(28)29)10-12-27-13-11-25;1-5-7-8(3,4)6-2;2*1-2/h8-9,16-17,19,27,31H,6-7,10-15H2,1-5H3;5-7H2,1-4H3;1-2H3;2H,1H3. The zero-order valence-electron chi connectivity index (χ0n) is 29.9. The Labute approximate surface area is 272 Å². The fraction of sp³-hybridized carbons (Fsp3) is 0.806. The molecule has 1 aliphatic carbocycles. The quantitative estimate of drug-likeness (QED) is 0.185. The van der Waals surface area contributed by atoms with E-state index >= 15 is 0 Å². The van der Waals surface area contributed by atoms with E-state index in [2.05, 4.69) is 90.7 Å². The van der Waals surface area contributed by atoms with Gasteiger partial charge in [0.15, 0.2) is 0 Å². The van der Waals surface area contributed by atoms with Crippen molar-refractivity contribution < 1.29 is 14.6 Å². The number of amides is 1. The Hall–Kier alpha value is -1.02. The second-order valence-electron chi connectivity index (χ2n) is 14.1. The number of fused-ring (bicyclic) bond motifs is 2. The van der Waals surface area contributed by atoms with E-state index in [-0.39, 0.29) is 10.2 Å². The van der Waals surface area contributed by atoms with Gasteiger partial charge in [-0.05, 0) is 95.9 Å². The number of piperidine rings is 1. The van der Waals surface area contributed by atoms with E-state index in [9.17, 15) is 4.79 Å². The largest absolute Gasteiger partial charge is 0.428 e. The summed E-state index contributed by atoms with van der Waals surface area (Å²) < 4.78 is 5.90. The van der Waals surface area contributed by atoms with Gasteiger partial charge >= 0.3 is 7.48 Å². The molecule has 4 rings (SSSR count). The zero-order chi connectivity index (χ0) is 33.1. The lowest BCUT2D eigenvalue weighted by molar-refractivity contribution is -0.125. The maximum absolute atomic E-state index is 13.8. The van der Waals surface area contributed by atoms with Crippen molar-refractivity contribution in [3.63, 3.8) is 0 Å². The number of benzene rings is 1. The Balaban J connectivity index is 0.000000663. The van der Waals surface area contributed by atoms with E-state index in [1.807, 2.05) is 21.3 Å². The number of hydrogen-bond donors (Lipinski definition) is 3. The molecule has 1 saturated carbocycles. The number of thiol groups is 1. The number of nitrogens with zero attached hydrogens (tertiary/aromatic N) is 1. The first-order valence-corrected chi connectivity index (χ1v) is 17.5. The minimum Gasteiger partial charge on any atom is -0.428 e. The third-order valence-electron chi connectivity index (χ3n) is 10.0. The van der Waals surface area contributed by atoms with Gasteiger partial charge < -0.3 is 20.0 Å². The summed E-state index contributed by atoms with van der Waals surface area (Å²) in [5.41, 5.74) is 3.19. The number of carbonyl (C=O) groups excluding carboxylic acids is 1. The third kappa shape index (κ3) is 9.98. The van der Waals surface area contributed by atoms with Crippen LogP contribution in [0.15, 0.2) is 18.2 Å². The van der Waals surface area contributed by atoms with Gasteiger partial charge in [-0.3, -0.25) is 4.79 Å². The molecule has 3 aliphatic rings. The van der Waals surface area contributed by atoms with Crippen molar-refractivity contribution in [2.45, 2.75) is 156 Å². The molecule has 2 heterocycles. The maximum Gasteiger partial charge on any atom is 0.330 e. The number of carbonyl (C=O) groups is 1. The number of nitrogens with one attached hydrogen (secondary N) is 1. The van der Waals surface area contributed by atoms with Gasteiger partial charge in [0.25, 0.3) is 0 Å². The highest BCUT2D eigenvalue weighted by Crippen LogP contribution is 2.50. The summed E-state index contributed by atoms with van der Waals surface area (Å²) in [6.07, 6.45) is 10.5. The predicted molar refractivity (Wildman–Crippen MR) is 191 cm³/mol. The van der Waals surface area contributed by atoms with Gasteiger partial charge in [0, 0.05) is 23.6 Å². The summed E-state index contributed by atoms with van der Waals surface area (Å²) in [5.74, 6) is 1.10. The van der Waals surface area contributed by atoms with E-state index in [0.717, 1.165) is 63.0 Å². The number of rotatable bonds is 10. The third-order valence-corrected chi connectivity index (χ3v) is 10.5. The maximum atomic E-state index is 13.8. The summed E-state index contributed by atoms with van der Waals surface area (Å²) in [6, 6.07) is 6.83. The number of aliphatic hydroxyl groups is 1. The van der Waals surface area contributed by atoms with Crippen molar-refractivity contribution in [2.24, 2.45) is 11.3 Å². The molecule has 1 radical (unpaired) electrons. The average molecular weight is 618 g/mol. The molecule has 1 amide bonds.